The van der Waals surface area contributed by atoms with Crippen molar-refractivity contribution in [2.24, 2.45) is 10.2 Å². The van der Waals surface area contributed by atoms with Gasteiger partial charge in [-0.3, -0.25) is 4.79 Å². The third kappa shape index (κ3) is 3.06. The van der Waals surface area contributed by atoms with Crippen LogP contribution in [-0.2, 0) is 9.79 Å². The molecule has 5 nitrogen and oxygen atoms in total. The van der Waals surface area contributed by atoms with E-state index in [9.17, 15) is 4.79 Å². The molecule has 1 spiro atoms. The fourth-order valence-electron chi connectivity index (χ4n) is 4.06. The minimum Gasteiger partial charge on any atom is -0.292 e. The van der Waals surface area contributed by atoms with Gasteiger partial charge in [0.05, 0.1) is 17.1 Å². The Kier molecular flexibility index (Phi) is 4.67. The number of para-hydroxylation sites is 1. The maximum Gasteiger partial charge on any atom is 0.234 e. The standard InChI is InChI=1S/C25H22N4OS/c1-17-10-9-13-21(16-17)29-25(31-24(27-29)19(3)30)23-15-8-7-14-22(23)18(2)26-28(25)20-11-5-4-6-12-20/h4-16H,1-3H3. The number of hydrogen-bond donors (Lipinski definition) is 0. The van der Waals surface area contributed by atoms with Crippen LogP contribution in [0.5, 0.6) is 0 Å². The van der Waals surface area contributed by atoms with E-state index in [4.69, 9.17) is 10.2 Å². The van der Waals surface area contributed by atoms with Crippen LogP contribution in [-0.4, -0.2) is 16.5 Å². The van der Waals surface area contributed by atoms with Crippen LogP contribution in [0.1, 0.15) is 30.5 Å². The molecular weight excluding hydrogens is 404 g/mol. The number of aryl methyl sites for hydroxylation is 1. The highest BCUT2D eigenvalue weighted by Gasteiger charge is 2.55. The smallest absolute Gasteiger partial charge is 0.234 e. The maximum absolute atomic E-state index is 12.5. The molecule has 1 unspecified atom stereocenters. The molecule has 0 saturated heterocycles. The summed E-state index contributed by atoms with van der Waals surface area (Å²) in [5.41, 5.74) is 6.00. The number of carbonyl (C=O) groups is 1. The van der Waals surface area contributed by atoms with Crippen molar-refractivity contribution in [2.45, 2.75) is 25.8 Å². The zero-order valence-electron chi connectivity index (χ0n) is 17.6. The minimum atomic E-state index is -0.855. The molecule has 0 aliphatic carbocycles. The lowest BCUT2D eigenvalue weighted by atomic mass is 9.98. The molecule has 2 heterocycles. The van der Waals surface area contributed by atoms with Crippen molar-refractivity contribution in [2.75, 3.05) is 10.0 Å². The number of thioether (sulfide) groups is 1. The Bertz CT molecular complexity index is 1240. The molecule has 3 aromatic rings. The van der Waals surface area contributed by atoms with Crippen LogP contribution in [0.2, 0.25) is 0 Å². The van der Waals surface area contributed by atoms with Gasteiger partial charge in [-0.15, -0.1) is 0 Å². The lowest BCUT2D eigenvalue weighted by molar-refractivity contribution is -0.110. The van der Waals surface area contributed by atoms with E-state index in [-0.39, 0.29) is 5.78 Å². The lowest BCUT2D eigenvalue weighted by Crippen LogP contribution is -2.53. The van der Waals surface area contributed by atoms with Crippen molar-refractivity contribution in [1.82, 2.24) is 0 Å². The summed E-state index contributed by atoms with van der Waals surface area (Å²) in [6, 6.07) is 26.5. The maximum atomic E-state index is 12.5. The van der Waals surface area contributed by atoms with Gasteiger partial charge in [0.1, 0.15) is 0 Å². The number of rotatable bonds is 3. The normalized spacial score (nSPS) is 19.8. The molecule has 1 atom stereocenters. The zero-order chi connectivity index (χ0) is 21.6. The molecule has 2 aliphatic heterocycles. The van der Waals surface area contributed by atoms with Crippen molar-refractivity contribution in [1.29, 1.82) is 0 Å². The monoisotopic (exact) mass is 426 g/mol. The van der Waals surface area contributed by atoms with Crippen LogP contribution in [0.25, 0.3) is 0 Å². The highest BCUT2D eigenvalue weighted by molar-refractivity contribution is 8.17. The van der Waals surface area contributed by atoms with Crippen LogP contribution in [0.3, 0.4) is 0 Å². The number of Topliss-reactive ketones (excluding diaryl/α,β-unsaturated/α-hetero) is 1. The molecule has 0 N–H and O–H groups in total. The van der Waals surface area contributed by atoms with Crippen molar-refractivity contribution in [3.8, 4) is 0 Å². The fourth-order valence-corrected chi connectivity index (χ4v) is 5.35. The highest BCUT2D eigenvalue weighted by Crippen LogP contribution is 2.54. The van der Waals surface area contributed by atoms with Gasteiger partial charge in [0.2, 0.25) is 4.99 Å². The summed E-state index contributed by atoms with van der Waals surface area (Å²) in [5.74, 6) is -0.0590. The number of hydrazone groups is 2. The molecule has 31 heavy (non-hydrogen) atoms. The summed E-state index contributed by atoms with van der Waals surface area (Å²) >= 11 is 1.44. The van der Waals surface area contributed by atoms with E-state index >= 15 is 0 Å². The molecule has 3 aromatic carbocycles. The molecule has 0 amide bonds. The molecule has 2 aliphatic rings. The second kappa shape index (κ2) is 7.39. The van der Waals surface area contributed by atoms with Crippen molar-refractivity contribution < 1.29 is 4.79 Å². The lowest BCUT2D eigenvalue weighted by Gasteiger charge is -2.46. The molecule has 6 heteroatoms. The van der Waals surface area contributed by atoms with Gasteiger partial charge in [0.15, 0.2) is 10.8 Å². The van der Waals surface area contributed by atoms with E-state index in [0.717, 1.165) is 33.8 Å². The predicted octanol–water partition coefficient (Wildman–Crippen LogP) is 5.51. The first-order valence-electron chi connectivity index (χ1n) is 10.2. The third-order valence-electron chi connectivity index (χ3n) is 5.47. The Labute approximate surface area is 186 Å². The van der Waals surface area contributed by atoms with Crippen LogP contribution < -0.4 is 10.0 Å². The van der Waals surface area contributed by atoms with Gasteiger partial charge in [0.25, 0.3) is 0 Å². The molecule has 0 radical (unpaired) electrons. The van der Waals surface area contributed by atoms with Gasteiger partial charge in [-0.05, 0) is 55.4 Å². The predicted molar refractivity (Wildman–Crippen MR) is 129 cm³/mol. The van der Waals surface area contributed by atoms with E-state index in [0.29, 0.717) is 5.04 Å². The second-order valence-electron chi connectivity index (χ2n) is 7.70. The summed E-state index contributed by atoms with van der Waals surface area (Å²) < 4.78 is 0. The van der Waals surface area contributed by atoms with Gasteiger partial charge < -0.3 is 0 Å². The number of ketones is 1. The number of hydrogen-bond acceptors (Lipinski definition) is 6. The summed E-state index contributed by atoms with van der Waals surface area (Å²) in [7, 11) is 0. The average Bonchev–Trinajstić information content (AvgIpc) is 3.19. The van der Waals surface area contributed by atoms with Gasteiger partial charge >= 0.3 is 0 Å². The number of benzene rings is 3. The first-order valence-corrected chi connectivity index (χ1v) is 11.0. The van der Waals surface area contributed by atoms with Crippen molar-refractivity contribution in [3.63, 3.8) is 0 Å². The van der Waals surface area contributed by atoms with Crippen LogP contribution >= 0.6 is 11.8 Å². The molecule has 5 rings (SSSR count). The van der Waals surface area contributed by atoms with Crippen LogP contribution in [0.4, 0.5) is 11.4 Å². The van der Waals surface area contributed by atoms with Gasteiger partial charge in [-0.25, -0.2) is 10.0 Å². The number of fused-ring (bicyclic) bond motifs is 2. The van der Waals surface area contributed by atoms with Crippen molar-refractivity contribution in [3.05, 3.63) is 95.6 Å². The first kappa shape index (κ1) is 19.6. The fraction of sp³-hybridized carbons (Fsp3) is 0.160. The van der Waals surface area contributed by atoms with E-state index in [2.05, 4.69) is 31.2 Å². The topological polar surface area (TPSA) is 48.3 Å². The molecular formula is C25H22N4OS. The van der Waals surface area contributed by atoms with E-state index in [1.165, 1.54) is 11.8 Å². The molecule has 0 saturated carbocycles. The number of anilines is 2. The summed E-state index contributed by atoms with van der Waals surface area (Å²) in [6.07, 6.45) is 0. The molecule has 0 bridgehead atoms. The quantitative estimate of drug-likeness (QED) is 0.554. The molecule has 154 valence electrons. The SMILES string of the molecule is CC(=O)C1=NN(c2cccc(C)c2)C2(S1)c1ccccc1C(C)=NN2c1ccccc1. The van der Waals surface area contributed by atoms with E-state index in [1.54, 1.807) is 6.92 Å². The van der Waals surface area contributed by atoms with Gasteiger partial charge in [-0.2, -0.15) is 10.2 Å². The van der Waals surface area contributed by atoms with E-state index < -0.39 is 4.99 Å². The molecule has 0 aromatic heterocycles. The highest BCUT2D eigenvalue weighted by atomic mass is 32.2. The third-order valence-corrected chi connectivity index (χ3v) is 6.88. The van der Waals surface area contributed by atoms with Gasteiger partial charge in [0, 0.05) is 18.1 Å². The Morgan fingerprint density at radius 3 is 2.26 bits per heavy atom. The second-order valence-corrected chi connectivity index (χ2v) is 8.86. The minimum absolute atomic E-state index is 0.0590. The Morgan fingerprint density at radius 1 is 0.839 bits per heavy atom. The van der Waals surface area contributed by atoms with Crippen LogP contribution in [0, 0.1) is 6.92 Å². The average molecular weight is 427 g/mol. The Hall–Kier alpha value is -3.38. The Balaban J connectivity index is 1.82. The zero-order valence-corrected chi connectivity index (χ0v) is 18.4. The number of carbonyl (C=O) groups excluding carboxylic acids is 1. The summed E-state index contributed by atoms with van der Waals surface area (Å²) in [6.45, 7) is 5.64. The largest absolute Gasteiger partial charge is 0.292 e. The van der Waals surface area contributed by atoms with Crippen LogP contribution in [0.15, 0.2) is 89.1 Å². The first-order chi connectivity index (χ1) is 15.0. The van der Waals surface area contributed by atoms with Gasteiger partial charge in [-0.1, -0.05) is 54.6 Å². The molecule has 0 fully saturated rings. The summed E-state index contributed by atoms with van der Waals surface area (Å²) in [4.78, 5) is 11.6. The van der Waals surface area contributed by atoms with E-state index in [1.807, 2.05) is 71.5 Å². The number of nitrogens with zero attached hydrogens (tertiary/aromatic N) is 4. The Morgan fingerprint density at radius 2 is 1.52 bits per heavy atom. The van der Waals surface area contributed by atoms with Crippen molar-refractivity contribution >= 4 is 39.7 Å². The summed E-state index contributed by atoms with van der Waals surface area (Å²) in [5, 5.41) is 14.3.